The van der Waals surface area contributed by atoms with Gasteiger partial charge in [-0.2, -0.15) is 39.0 Å². The zero-order valence-corrected chi connectivity index (χ0v) is 56.6. The first-order chi connectivity index (χ1) is 50.2. The van der Waals surface area contributed by atoms with Crippen molar-refractivity contribution in [1.82, 2.24) is 130 Å². The predicted octanol–water partition coefficient (Wildman–Crippen LogP) is 7.88. The van der Waals surface area contributed by atoms with E-state index in [0.29, 0.717) is 57.5 Å². The summed E-state index contributed by atoms with van der Waals surface area (Å²) in [6.45, 7) is 7.34. The number of carbonyl (C=O) groups excluding carboxylic acids is 3. The molecule has 1 saturated heterocycles. The van der Waals surface area contributed by atoms with E-state index in [-0.39, 0.29) is 34.5 Å². The molecule has 1 aliphatic heterocycles. The number of nitrogens with zero attached hydrogens (tertiary/aromatic N) is 22. The molecule has 0 spiro atoms. The van der Waals surface area contributed by atoms with Crippen LogP contribution in [0.1, 0.15) is 107 Å². The van der Waals surface area contributed by atoms with Gasteiger partial charge in [0.05, 0.1) is 94.2 Å². The van der Waals surface area contributed by atoms with Crippen LogP contribution in [-0.2, 0) is 7.05 Å². The Bertz CT molecular complexity index is 5520. The Balaban J connectivity index is 0.000000131. The lowest BCUT2D eigenvalue weighted by Crippen LogP contribution is -2.30. The van der Waals surface area contributed by atoms with Gasteiger partial charge in [-0.15, -0.1) is 41.9 Å². The van der Waals surface area contributed by atoms with Crippen molar-refractivity contribution in [2.75, 3.05) is 30.3 Å². The molecule has 10 N–H and O–H groups in total. The Morgan fingerprint density at radius 3 is 1.22 bits per heavy atom. The number of rotatable bonds is 16. The SMILES string of the molecule is C[C@@H](NC(=O)c1nc(-c2cccs2)cnc1N)c1nnc2ccc(-c3ccccc3)nn12.C[C@@H](NC(=O)c1nc(-c2cnn(C)c2)cnc1N)c1nnc2ccc(-c3ccccc3)nn12.C[C@@H](NC(=O)c1nc(-c2cnn(C3CCNCC3)c2)cnc1N)c1nnc2ccc(-c3ccccc3)nn12. The number of thiophene rings is 1. The van der Waals surface area contributed by atoms with Crippen molar-refractivity contribution in [2.24, 2.45) is 7.05 Å². The molecule has 16 rings (SSSR count). The summed E-state index contributed by atoms with van der Waals surface area (Å²) in [5, 5.41) is 61.9. The van der Waals surface area contributed by atoms with Crippen LogP contribution in [0.5, 0.6) is 0 Å². The number of nitrogens with two attached hydrogens (primary N) is 3. The largest absolute Gasteiger partial charge is 0.382 e. The number of hydrogen-bond donors (Lipinski definition) is 7. The lowest BCUT2D eigenvalue weighted by atomic mass is 10.1. The van der Waals surface area contributed by atoms with Crippen LogP contribution >= 0.6 is 11.3 Å². The van der Waals surface area contributed by atoms with E-state index in [1.54, 1.807) is 70.1 Å². The van der Waals surface area contributed by atoms with Crippen molar-refractivity contribution in [1.29, 1.82) is 0 Å². The number of amides is 3. The molecule has 33 heteroatoms. The van der Waals surface area contributed by atoms with Crippen LogP contribution in [-0.4, -0.2) is 140 Å². The van der Waals surface area contributed by atoms with Crippen molar-refractivity contribution >= 4 is 63.5 Å². The van der Waals surface area contributed by atoms with Gasteiger partial charge in [0.25, 0.3) is 17.7 Å². The van der Waals surface area contributed by atoms with Gasteiger partial charge >= 0.3 is 0 Å². The molecule has 103 heavy (non-hydrogen) atoms. The first-order valence-corrected chi connectivity index (χ1v) is 33.5. The number of aryl methyl sites for hydroxylation is 1. The summed E-state index contributed by atoms with van der Waals surface area (Å²) < 4.78 is 8.48. The summed E-state index contributed by atoms with van der Waals surface area (Å²) >= 11 is 1.51. The molecule has 0 saturated carbocycles. The molecule has 0 unspecified atom stereocenters. The van der Waals surface area contributed by atoms with E-state index in [1.165, 1.54) is 17.5 Å². The summed E-state index contributed by atoms with van der Waals surface area (Å²) in [4.78, 5) is 65.9. The number of carbonyl (C=O) groups is 3. The summed E-state index contributed by atoms with van der Waals surface area (Å²) in [7, 11) is 1.80. The molecular formula is C70H65N29O3S. The average molecular weight is 1390 g/mol. The van der Waals surface area contributed by atoms with E-state index in [1.807, 2.05) is 163 Å². The first kappa shape index (κ1) is 66.7. The van der Waals surface area contributed by atoms with Crippen LogP contribution in [0, 0.1) is 0 Å². The Kier molecular flexibility index (Phi) is 19.1. The number of fused-ring (bicyclic) bond motifs is 3. The Labute approximate surface area is 590 Å². The molecule has 0 radical (unpaired) electrons. The van der Waals surface area contributed by atoms with Crippen molar-refractivity contribution < 1.29 is 14.4 Å². The van der Waals surface area contributed by atoms with Crippen molar-refractivity contribution in [3.05, 3.63) is 223 Å². The van der Waals surface area contributed by atoms with E-state index in [9.17, 15) is 14.4 Å². The maximum atomic E-state index is 13.2. The molecule has 13 heterocycles. The Morgan fingerprint density at radius 1 is 0.447 bits per heavy atom. The second kappa shape index (κ2) is 29.5. The smallest absolute Gasteiger partial charge is 0.274 e. The number of nitrogens with one attached hydrogen (secondary N) is 4. The molecule has 12 aromatic heterocycles. The summed E-state index contributed by atoms with van der Waals surface area (Å²) in [5.41, 5.74) is 28.1. The van der Waals surface area contributed by atoms with Crippen LogP contribution in [0.2, 0.25) is 0 Å². The van der Waals surface area contributed by atoms with Crippen molar-refractivity contribution in [3.63, 3.8) is 0 Å². The van der Waals surface area contributed by atoms with Crippen LogP contribution in [0.25, 0.3) is 83.8 Å². The zero-order chi connectivity index (χ0) is 71.1. The van der Waals surface area contributed by atoms with E-state index < -0.39 is 35.8 Å². The van der Waals surface area contributed by atoms with Gasteiger partial charge in [-0.3, -0.25) is 23.7 Å². The summed E-state index contributed by atoms with van der Waals surface area (Å²) in [6, 6.07) is 43.2. The van der Waals surface area contributed by atoms with E-state index in [4.69, 9.17) is 22.3 Å². The fourth-order valence-electron chi connectivity index (χ4n) is 11.3. The van der Waals surface area contributed by atoms with E-state index >= 15 is 0 Å². The van der Waals surface area contributed by atoms with Gasteiger partial charge in [-0.05, 0) is 94.5 Å². The van der Waals surface area contributed by atoms with E-state index in [2.05, 4.69) is 102 Å². The number of piperidine rings is 1. The number of anilines is 3. The molecule has 3 aromatic carbocycles. The molecule has 3 amide bonds. The topological polar surface area (TPSA) is 420 Å². The van der Waals surface area contributed by atoms with Gasteiger partial charge in [0.2, 0.25) is 0 Å². The quantitative estimate of drug-likeness (QED) is 0.0483. The average Bonchev–Trinajstić information content (AvgIpc) is 1.71. The molecule has 32 nitrogen and oxygen atoms in total. The first-order valence-electron chi connectivity index (χ1n) is 32.6. The van der Waals surface area contributed by atoms with Gasteiger partial charge in [-0.1, -0.05) is 97.1 Å². The van der Waals surface area contributed by atoms with Gasteiger partial charge in [0, 0.05) is 47.3 Å². The second-order valence-electron chi connectivity index (χ2n) is 23.9. The second-order valence-corrected chi connectivity index (χ2v) is 24.8. The highest BCUT2D eigenvalue weighted by atomic mass is 32.1. The van der Waals surface area contributed by atoms with Crippen molar-refractivity contribution in [3.8, 4) is 66.9 Å². The van der Waals surface area contributed by atoms with Crippen molar-refractivity contribution in [2.45, 2.75) is 57.8 Å². The van der Waals surface area contributed by atoms with Gasteiger partial charge in [0.1, 0.15) is 0 Å². The molecule has 0 aliphatic carbocycles. The molecule has 15 aromatic rings. The van der Waals surface area contributed by atoms with E-state index in [0.717, 1.165) is 75.7 Å². The van der Waals surface area contributed by atoms with Gasteiger partial charge < -0.3 is 38.5 Å². The minimum absolute atomic E-state index is 0.0231. The third-order valence-electron chi connectivity index (χ3n) is 16.7. The highest BCUT2D eigenvalue weighted by Gasteiger charge is 2.27. The third-order valence-corrected chi connectivity index (χ3v) is 17.6. The fraction of sp³-hybridized carbons (Fsp3) is 0.171. The molecule has 1 fully saturated rings. The fourth-order valence-corrected chi connectivity index (χ4v) is 12.0. The lowest BCUT2D eigenvalue weighted by molar-refractivity contribution is 0.0925. The Morgan fingerprint density at radius 2 is 0.835 bits per heavy atom. The minimum Gasteiger partial charge on any atom is -0.382 e. The van der Waals surface area contributed by atoms with Gasteiger partial charge in [0.15, 0.2) is 69.0 Å². The molecule has 3 atom stereocenters. The number of benzene rings is 3. The monoisotopic (exact) mass is 1390 g/mol. The van der Waals surface area contributed by atoms with Crippen LogP contribution in [0.3, 0.4) is 0 Å². The number of nitrogen functional groups attached to an aromatic ring is 3. The summed E-state index contributed by atoms with van der Waals surface area (Å²) in [6.07, 6.45) is 13.8. The molecule has 0 bridgehead atoms. The predicted molar refractivity (Wildman–Crippen MR) is 384 cm³/mol. The number of hydrogen-bond acceptors (Lipinski definition) is 25. The lowest BCUT2D eigenvalue weighted by Gasteiger charge is -2.22. The zero-order valence-electron chi connectivity index (χ0n) is 55.7. The normalized spacial score (nSPS) is 13.1. The maximum Gasteiger partial charge on any atom is 0.274 e. The van der Waals surface area contributed by atoms with Gasteiger partial charge in [-0.25, -0.2) is 29.9 Å². The molecule has 514 valence electrons. The van der Waals surface area contributed by atoms with Crippen LogP contribution in [0.4, 0.5) is 17.5 Å². The molecular weight excluding hydrogens is 1330 g/mol. The Hall–Kier alpha value is -13.6. The standard InChI is InChI=1S/C26H27N11O.C22H20N10O.C22H18N8OS/c1-16(25-34-33-22-8-7-20(35-37(22)25)17-5-3-2-4-6-17)31-26(38)23-24(27)29-14-21(32-23)18-13-30-36(15-18)19-9-11-28-12-10-19;1-13(21-29-28-18-9-8-16(30-32(18)21)14-6-4-3-5-7-14)26-22(33)19-20(23)24-11-17(27-19)15-10-25-31(2)12-15;1-13(25-22(31)19-20(23)24-12-16(26-19)17-8-5-11-32-17)21-28-27-18-10-9-15(29-30(18)21)14-6-3-2-4-7-14/h2-8,13-16,19,28H,9-12H2,1H3,(H2,27,29)(H,31,38);3-13H,1-2H3,(H2,23,24)(H,26,33);2-13H,1H3,(H2,23,24)(H,25,31)/t16-;2*13-/m111/s1. The maximum absolute atomic E-state index is 13.2. The number of aromatic nitrogens is 22. The highest BCUT2D eigenvalue weighted by molar-refractivity contribution is 7.13. The third kappa shape index (κ3) is 14.6. The molecule has 1 aliphatic rings. The summed E-state index contributed by atoms with van der Waals surface area (Å²) in [5.74, 6) is 0.195. The highest BCUT2D eigenvalue weighted by Crippen LogP contribution is 2.28. The minimum atomic E-state index is -0.524. The van der Waals surface area contributed by atoms with Crippen LogP contribution in [0.15, 0.2) is 188 Å². The van der Waals surface area contributed by atoms with Crippen LogP contribution < -0.4 is 38.5 Å².